The van der Waals surface area contributed by atoms with Gasteiger partial charge in [0.2, 0.25) is 5.13 Å². The lowest BCUT2D eigenvalue weighted by Crippen LogP contribution is -2.15. The van der Waals surface area contributed by atoms with Gasteiger partial charge in [0.25, 0.3) is 5.56 Å². The molecule has 0 aliphatic rings. The molecule has 1 N–H and O–H groups in total. The zero-order valence-corrected chi connectivity index (χ0v) is 17.4. The van der Waals surface area contributed by atoms with Crippen molar-refractivity contribution in [3.63, 3.8) is 0 Å². The molecular formula is C20H19N5OS2. The van der Waals surface area contributed by atoms with Crippen molar-refractivity contribution < 1.29 is 0 Å². The van der Waals surface area contributed by atoms with Gasteiger partial charge in [0.15, 0.2) is 4.34 Å². The summed E-state index contributed by atoms with van der Waals surface area (Å²) in [4.78, 5) is 16.9. The maximum Gasteiger partial charge on any atom is 0.258 e. The molecule has 0 bridgehead atoms. The van der Waals surface area contributed by atoms with Crippen LogP contribution in [0.2, 0.25) is 0 Å². The van der Waals surface area contributed by atoms with E-state index < -0.39 is 0 Å². The zero-order valence-electron chi connectivity index (χ0n) is 15.8. The van der Waals surface area contributed by atoms with E-state index in [1.165, 1.54) is 34.2 Å². The number of pyridine rings is 1. The third-order valence-electron chi connectivity index (χ3n) is 4.37. The first-order chi connectivity index (χ1) is 13.5. The summed E-state index contributed by atoms with van der Waals surface area (Å²) in [5.74, 6) is 0.567. The number of hydrogen-bond acceptors (Lipinski definition) is 7. The van der Waals surface area contributed by atoms with Crippen molar-refractivity contribution in [3.8, 4) is 0 Å². The summed E-state index contributed by atoms with van der Waals surface area (Å²) in [5.41, 5.74) is 5.83. The Labute approximate surface area is 170 Å². The Bertz CT molecular complexity index is 1210. The second kappa shape index (κ2) is 7.73. The molecule has 4 rings (SSSR count). The maximum absolute atomic E-state index is 12.3. The molecule has 0 unspecified atom stereocenters. The maximum atomic E-state index is 12.3. The highest BCUT2D eigenvalue weighted by Gasteiger charge is 2.08. The number of anilines is 2. The van der Waals surface area contributed by atoms with Crippen molar-refractivity contribution in [3.05, 3.63) is 75.3 Å². The number of rotatable bonds is 5. The molecule has 0 aliphatic heterocycles. The molecule has 0 fully saturated rings. The molecule has 6 nitrogen and oxygen atoms in total. The molecule has 0 saturated carbocycles. The monoisotopic (exact) mass is 409 g/mol. The van der Waals surface area contributed by atoms with Gasteiger partial charge in [0.1, 0.15) is 5.65 Å². The Hall–Kier alpha value is -2.71. The van der Waals surface area contributed by atoms with Crippen LogP contribution in [0.5, 0.6) is 0 Å². The number of nitrogens with one attached hydrogen (secondary N) is 1. The zero-order chi connectivity index (χ0) is 19.7. The second-order valence-electron chi connectivity index (χ2n) is 6.61. The average molecular weight is 410 g/mol. The summed E-state index contributed by atoms with van der Waals surface area (Å²) in [6, 6.07) is 11.6. The van der Waals surface area contributed by atoms with E-state index in [-0.39, 0.29) is 5.56 Å². The summed E-state index contributed by atoms with van der Waals surface area (Å²) in [6.07, 6.45) is 1.80. The van der Waals surface area contributed by atoms with Crippen LogP contribution in [0.15, 0.2) is 51.7 Å². The molecule has 0 saturated heterocycles. The van der Waals surface area contributed by atoms with Crippen LogP contribution >= 0.6 is 23.1 Å². The number of aryl methyl sites for hydroxylation is 3. The van der Waals surface area contributed by atoms with Crippen molar-refractivity contribution in [2.75, 3.05) is 5.32 Å². The smallest absolute Gasteiger partial charge is 0.258 e. The van der Waals surface area contributed by atoms with Crippen molar-refractivity contribution in [2.45, 2.75) is 30.9 Å². The second-order valence-corrected chi connectivity index (χ2v) is 8.81. The van der Waals surface area contributed by atoms with Gasteiger partial charge in [-0.05, 0) is 55.7 Å². The minimum Gasteiger partial charge on any atom is -0.330 e. The quantitative estimate of drug-likeness (QED) is 0.489. The molecule has 28 heavy (non-hydrogen) atoms. The minimum atomic E-state index is -0.0707. The van der Waals surface area contributed by atoms with E-state index in [0.29, 0.717) is 11.4 Å². The Morgan fingerprint density at radius 3 is 2.75 bits per heavy atom. The number of thioether (sulfide) groups is 1. The largest absolute Gasteiger partial charge is 0.330 e. The van der Waals surface area contributed by atoms with E-state index in [1.54, 1.807) is 16.7 Å². The predicted molar refractivity (Wildman–Crippen MR) is 115 cm³/mol. The first kappa shape index (κ1) is 18.6. The van der Waals surface area contributed by atoms with Crippen LogP contribution in [0.1, 0.15) is 22.4 Å². The van der Waals surface area contributed by atoms with Gasteiger partial charge in [-0.3, -0.25) is 9.20 Å². The summed E-state index contributed by atoms with van der Waals surface area (Å²) in [5, 5.41) is 12.5. The van der Waals surface area contributed by atoms with Gasteiger partial charge in [0, 0.05) is 23.7 Å². The van der Waals surface area contributed by atoms with Crippen LogP contribution in [0.4, 0.5) is 10.8 Å². The molecule has 0 atom stereocenters. The fourth-order valence-electron chi connectivity index (χ4n) is 2.73. The highest BCUT2D eigenvalue weighted by atomic mass is 32.2. The van der Waals surface area contributed by atoms with E-state index in [2.05, 4.69) is 46.5 Å². The third-order valence-corrected chi connectivity index (χ3v) is 6.37. The number of hydrogen-bond donors (Lipinski definition) is 1. The first-order valence-electron chi connectivity index (χ1n) is 8.77. The standard InChI is InChI=1S/C20H19N5OS2/c1-12-4-7-17-21-16(9-18(26)25(17)10-12)11-27-20-24-23-19(28-20)22-15-6-5-13(2)14(3)8-15/h4-10H,11H2,1-3H3,(H,22,23). The van der Waals surface area contributed by atoms with E-state index in [0.717, 1.165) is 26.4 Å². The van der Waals surface area contributed by atoms with Crippen molar-refractivity contribution in [1.29, 1.82) is 0 Å². The van der Waals surface area contributed by atoms with E-state index >= 15 is 0 Å². The van der Waals surface area contributed by atoms with Gasteiger partial charge in [-0.25, -0.2) is 4.98 Å². The van der Waals surface area contributed by atoms with Crippen molar-refractivity contribution in [1.82, 2.24) is 19.6 Å². The molecule has 3 aromatic heterocycles. The van der Waals surface area contributed by atoms with Gasteiger partial charge >= 0.3 is 0 Å². The lowest BCUT2D eigenvalue weighted by molar-refractivity contribution is 0.995. The lowest BCUT2D eigenvalue weighted by atomic mass is 10.1. The number of nitrogens with zero attached hydrogens (tertiary/aromatic N) is 4. The van der Waals surface area contributed by atoms with Crippen LogP contribution in [0, 0.1) is 20.8 Å². The van der Waals surface area contributed by atoms with Crippen molar-refractivity contribution >= 4 is 39.6 Å². The Kier molecular flexibility index (Phi) is 5.15. The molecule has 3 heterocycles. The Morgan fingerprint density at radius 2 is 1.93 bits per heavy atom. The summed E-state index contributed by atoms with van der Waals surface area (Å²) in [6.45, 7) is 6.13. The molecule has 0 radical (unpaired) electrons. The molecule has 0 spiro atoms. The normalized spacial score (nSPS) is 11.1. The highest BCUT2D eigenvalue weighted by Crippen LogP contribution is 2.29. The van der Waals surface area contributed by atoms with Gasteiger partial charge in [-0.15, -0.1) is 10.2 Å². The fourth-order valence-corrected chi connectivity index (χ4v) is 4.39. The summed E-state index contributed by atoms with van der Waals surface area (Å²) < 4.78 is 2.40. The summed E-state index contributed by atoms with van der Waals surface area (Å²) in [7, 11) is 0. The van der Waals surface area contributed by atoms with Crippen LogP contribution in [0.3, 0.4) is 0 Å². The molecule has 0 amide bonds. The van der Waals surface area contributed by atoms with E-state index in [9.17, 15) is 4.79 Å². The van der Waals surface area contributed by atoms with Gasteiger partial charge in [-0.2, -0.15) is 0 Å². The van der Waals surface area contributed by atoms with Crippen LogP contribution < -0.4 is 10.9 Å². The molecule has 8 heteroatoms. The van der Waals surface area contributed by atoms with Gasteiger partial charge in [0.05, 0.1) is 5.69 Å². The van der Waals surface area contributed by atoms with E-state index in [4.69, 9.17) is 0 Å². The minimum absolute atomic E-state index is 0.0707. The molecule has 4 aromatic rings. The number of aromatic nitrogens is 4. The van der Waals surface area contributed by atoms with E-state index in [1.807, 2.05) is 25.1 Å². The van der Waals surface area contributed by atoms with Crippen LogP contribution in [-0.2, 0) is 5.75 Å². The molecule has 0 aliphatic carbocycles. The SMILES string of the molecule is Cc1ccc2nc(CSc3nnc(Nc4ccc(C)c(C)c4)s3)cc(=O)n2c1. The van der Waals surface area contributed by atoms with Crippen molar-refractivity contribution in [2.24, 2.45) is 0 Å². The Morgan fingerprint density at radius 1 is 1.07 bits per heavy atom. The fraction of sp³-hybridized carbons (Fsp3) is 0.200. The third kappa shape index (κ3) is 4.07. The number of benzene rings is 1. The molecule has 1 aromatic carbocycles. The highest BCUT2D eigenvalue weighted by molar-refractivity contribution is 8.00. The lowest BCUT2D eigenvalue weighted by Gasteiger charge is -2.05. The van der Waals surface area contributed by atoms with Gasteiger partial charge in [-0.1, -0.05) is 35.2 Å². The predicted octanol–water partition coefficient (Wildman–Crippen LogP) is 4.51. The molecular weight excluding hydrogens is 390 g/mol. The van der Waals surface area contributed by atoms with Gasteiger partial charge < -0.3 is 5.32 Å². The Balaban J connectivity index is 1.46. The summed E-state index contributed by atoms with van der Waals surface area (Å²) >= 11 is 3.01. The first-order valence-corrected chi connectivity index (χ1v) is 10.6. The molecule has 142 valence electrons. The van der Waals surface area contributed by atoms with Crippen LogP contribution in [-0.4, -0.2) is 19.6 Å². The van der Waals surface area contributed by atoms with Crippen LogP contribution in [0.25, 0.3) is 5.65 Å². The number of fused-ring (bicyclic) bond motifs is 1. The topological polar surface area (TPSA) is 72.2 Å². The average Bonchev–Trinajstić information content (AvgIpc) is 3.11.